The van der Waals surface area contributed by atoms with Crippen LogP contribution in [0.2, 0.25) is 0 Å². The van der Waals surface area contributed by atoms with Crippen LogP contribution in [0, 0.1) is 0 Å². The Bertz CT molecular complexity index is 402. The topological polar surface area (TPSA) is 46.2 Å². The molecule has 0 bridgehead atoms. The highest BCUT2D eigenvalue weighted by Crippen LogP contribution is 2.27. The Hall–Kier alpha value is -1.16. The first kappa shape index (κ1) is 11.9. The summed E-state index contributed by atoms with van der Waals surface area (Å²) in [5.41, 5.74) is 1.23. The van der Waals surface area contributed by atoms with Gasteiger partial charge in [0.25, 0.3) is 0 Å². The summed E-state index contributed by atoms with van der Waals surface area (Å²) >= 11 is 3.32. The zero-order chi connectivity index (χ0) is 11.4. The smallest absolute Gasteiger partial charge is 0.221 e. The number of carbonyl (C=O) groups is 2. The molecule has 0 aliphatic rings. The standard InChI is InChI=1S/C11H12BrNO2/c1-3-10(15)8-5-4-6-9(11(8)12)13-7(2)14/h4-6H,3H2,1-2H3,(H,13,14). The molecular formula is C11H12BrNO2. The van der Waals surface area contributed by atoms with E-state index < -0.39 is 0 Å². The molecule has 0 aliphatic carbocycles. The van der Waals surface area contributed by atoms with E-state index in [1.165, 1.54) is 6.92 Å². The van der Waals surface area contributed by atoms with Crippen LogP contribution >= 0.6 is 15.9 Å². The molecule has 0 heterocycles. The third-order valence-electron chi connectivity index (χ3n) is 1.93. The Morgan fingerprint density at radius 1 is 1.40 bits per heavy atom. The molecule has 0 aliphatic heterocycles. The molecule has 15 heavy (non-hydrogen) atoms. The first-order chi connectivity index (χ1) is 7.06. The number of carbonyl (C=O) groups excluding carboxylic acids is 2. The number of halogens is 1. The summed E-state index contributed by atoms with van der Waals surface area (Å²) in [5, 5.41) is 2.65. The molecule has 0 fully saturated rings. The quantitative estimate of drug-likeness (QED) is 0.858. The Morgan fingerprint density at radius 3 is 2.60 bits per heavy atom. The Morgan fingerprint density at radius 2 is 2.07 bits per heavy atom. The average Bonchev–Trinajstić information content (AvgIpc) is 2.19. The van der Waals surface area contributed by atoms with Gasteiger partial charge in [0.1, 0.15) is 0 Å². The molecule has 0 saturated heterocycles. The van der Waals surface area contributed by atoms with Gasteiger partial charge in [-0.15, -0.1) is 0 Å². The molecule has 0 aromatic heterocycles. The van der Waals surface area contributed by atoms with Gasteiger partial charge < -0.3 is 5.32 Å². The predicted molar refractivity (Wildman–Crippen MR) is 63.1 cm³/mol. The van der Waals surface area contributed by atoms with E-state index in [1.54, 1.807) is 25.1 Å². The van der Waals surface area contributed by atoms with Crippen LogP contribution in [0.15, 0.2) is 22.7 Å². The summed E-state index contributed by atoms with van der Waals surface area (Å²) in [6.45, 7) is 3.24. The van der Waals surface area contributed by atoms with Crippen molar-refractivity contribution in [2.75, 3.05) is 5.32 Å². The van der Waals surface area contributed by atoms with Gasteiger partial charge in [0.05, 0.1) is 10.2 Å². The SMILES string of the molecule is CCC(=O)c1cccc(NC(C)=O)c1Br. The van der Waals surface area contributed by atoms with E-state index in [0.717, 1.165) is 0 Å². The fraction of sp³-hybridized carbons (Fsp3) is 0.273. The summed E-state index contributed by atoms with van der Waals surface area (Å²) in [7, 11) is 0. The van der Waals surface area contributed by atoms with Crippen LogP contribution < -0.4 is 5.32 Å². The molecule has 0 unspecified atom stereocenters. The van der Waals surface area contributed by atoms with Crippen molar-refractivity contribution in [2.45, 2.75) is 20.3 Å². The Kier molecular flexibility index (Phi) is 4.03. The highest BCUT2D eigenvalue weighted by molar-refractivity contribution is 9.10. The van der Waals surface area contributed by atoms with Crippen molar-refractivity contribution in [3.8, 4) is 0 Å². The van der Waals surface area contributed by atoms with Gasteiger partial charge in [-0.05, 0) is 22.0 Å². The van der Waals surface area contributed by atoms with Crippen molar-refractivity contribution in [1.29, 1.82) is 0 Å². The number of hydrogen-bond acceptors (Lipinski definition) is 2. The first-order valence-corrected chi connectivity index (χ1v) is 5.44. The van der Waals surface area contributed by atoms with E-state index in [-0.39, 0.29) is 11.7 Å². The maximum atomic E-state index is 11.5. The predicted octanol–water partition coefficient (Wildman–Crippen LogP) is 3.00. The lowest BCUT2D eigenvalue weighted by Gasteiger charge is -2.08. The molecule has 0 atom stereocenters. The van der Waals surface area contributed by atoms with Crippen molar-refractivity contribution >= 4 is 33.3 Å². The van der Waals surface area contributed by atoms with Crippen LogP contribution in [-0.4, -0.2) is 11.7 Å². The lowest BCUT2D eigenvalue weighted by Crippen LogP contribution is -2.08. The number of benzene rings is 1. The van der Waals surface area contributed by atoms with E-state index in [2.05, 4.69) is 21.2 Å². The number of ketones is 1. The summed E-state index contributed by atoms with van der Waals surface area (Å²) in [6.07, 6.45) is 0.447. The minimum Gasteiger partial charge on any atom is -0.325 e. The van der Waals surface area contributed by atoms with Crippen LogP contribution in [0.1, 0.15) is 30.6 Å². The van der Waals surface area contributed by atoms with Gasteiger partial charge >= 0.3 is 0 Å². The van der Waals surface area contributed by atoms with Gasteiger partial charge in [-0.3, -0.25) is 9.59 Å². The van der Waals surface area contributed by atoms with Crippen molar-refractivity contribution in [2.24, 2.45) is 0 Å². The van der Waals surface area contributed by atoms with Crippen LogP contribution in [0.3, 0.4) is 0 Å². The second kappa shape index (κ2) is 5.07. The van der Waals surface area contributed by atoms with Crippen LogP contribution in [0.25, 0.3) is 0 Å². The zero-order valence-electron chi connectivity index (χ0n) is 8.63. The zero-order valence-corrected chi connectivity index (χ0v) is 10.2. The molecule has 1 amide bonds. The molecule has 0 radical (unpaired) electrons. The largest absolute Gasteiger partial charge is 0.325 e. The number of anilines is 1. The lowest BCUT2D eigenvalue weighted by atomic mass is 10.1. The highest BCUT2D eigenvalue weighted by atomic mass is 79.9. The molecule has 0 saturated carbocycles. The maximum absolute atomic E-state index is 11.5. The summed E-state index contributed by atoms with van der Waals surface area (Å²) in [4.78, 5) is 22.4. The maximum Gasteiger partial charge on any atom is 0.221 e. The number of rotatable bonds is 3. The molecule has 80 valence electrons. The minimum absolute atomic E-state index is 0.0501. The van der Waals surface area contributed by atoms with E-state index in [9.17, 15) is 9.59 Å². The monoisotopic (exact) mass is 269 g/mol. The van der Waals surface area contributed by atoms with Crippen molar-refractivity contribution in [3.05, 3.63) is 28.2 Å². The molecule has 1 aromatic rings. The van der Waals surface area contributed by atoms with E-state index in [4.69, 9.17) is 0 Å². The summed E-state index contributed by atoms with van der Waals surface area (Å²) < 4.78 is 0.645. The number of hydrogen-bond donors (Lipinski definition) is 1. The van der Waals surface area contributed by atoms with Gasteiger partial charge in [0.15, 0.2) is 5.78 Å². The van der Waals surface area contributed by atoms with Gasteiger partial charge in [0.2, 0.25) is 5.91 Å². The summed E-state index contributed by atoms with van der Waals surface area (Å²) in [5.74, 6) is -0.106. The molecular weight excluding hydrogens is 258 g/mol. The lowest BCUT2D eigenvalue weighted by molar-refractivity contribution is -0.114. The van der Waals surface area contributed by atoms with Crippen molar-refractivity contribution < 1.29 is 9.59 Å². The van der Waals surface area contributed by atoms with Gasteiger partial charge in [-0.25, -0.2) is 0 Å². The van der Waals surface area contributed by atoms with Crippen molar-refractivity contribution in [1.82, 2.24) is 0 Å². The Labute approximate surface area is 97.0 Å². The molecule has 4 heteroatoms. The third kappa shape index (κ3) is 2.89. The van der Waals surface area contributed by atoms with Crippen LogP contribution in [0.5, 0.6) is 0 Å². The van der Waals surface area contributed by atoms with Crippen LogP contribution in [-0.2, 0) is 4.79 Å². The first-order valence-electron chi connectivity index (χ1n) is 4.65. The molecule has 0 spiro atoms. The summed E-state index contributed by atoms with van der Waals surface area (Å²) in [6, 6.07) is 5.23. The van der Waals surface area contributed by atoms with Crippen LogP contribution in [0.4, 0.5) is 5.69 Å². The minimum atomic E-state index is -0.156. The van der Waals surface area contributed by atoms with Gasteiger partial charge in [-0.1, -0.05) is 19.1 Å². The van der Waals surface area contributed by atoms with Crippen molar-refractivity contribution in [3.63, 3.8) is 0 Å². The van der Waals surface area contributed by atoms with Gasteiger partial charge in [0, 0.05) is 18.9 Å². The highest BCUT2D eigenvalue weighted by Gasteiger charge is 2.11. The van der Waals surface area contributed by atoms with E-state index in [1.807, 2.05) is 0 Å². The fourth-order valence-electron chi connectivity index (χ4n) is 1.22. The number of Topliss-reactive ketones (excluding diaryl/α,β-unsaturated/α-hetero) is 1. The number of amides is 1. The number of nitrogens with one attached hydrogen (secondary N) is 1. The normalized spacial score (nSPS) is 9.80. The average molecular weight is 270 g/mol. The second-order valence-corrected chi connectivity index (χ2v) is 3.92. The molecule has 1 rings (SSSR count). The molecule has 3 nitrogen and oxygen atoms in total. The van der Waals surface area contributed by atoms with E-state index >= 15 is 0 Å². The fourth-order valence-corrected chi connectivity index (χ4v) is 1.81. The second-order valence-electron chi connectivity index (χ2n) is 3.13. The molecule has 1 aromatic carbocycles. The van der Waals surface area contributed by atoms with Gasteiger partial charge in [-0.2, -0.15) is 0 Å². The van der Waals surface area contributed by atoms with E-state index in [0.29, 0.717) is 22.1 Å². The molecule has 1 N–H and O–H groups in total. The third-order valence-corrected chi connectivity index (χ3v) is 2.79. The Balaban J connectivity index is 3.11.